The van der Waals surface area contributed by atoms with Gasteiger partial charge in [-0.2, -0.15) is 9.15 Å². The quantitative estimate of drug-likeness (QED) is 0.141. The first-order valence-corrected chi connectivity index (χ1v) is 40.2. The number of pyridine rings is 1. The van der Waals surface area contributed by atoms with Gasteiger partial charge in [0.05, 0.1) is 66.7 Å². The summed E-state index contributed by atoms with van der Waals surface area (Å²) in [7, 11) is 0. The van der Waals surface area contributed by atoms with Crippen LogP contribution < -0.4 is 10.6 Å². The molecule has 0 atom stereocenters. The lowest BCUT2D eigenvalue weighted by Gasteiger charge is -2.40. The maximum atomic E-state index is 11.7. The summed E-state index contributed by atoms with van der Waals surface area (Å²) >= 11 is 37.3. The second-order valence-corrected chi connectivity index (χ2v) is 39.4. The maximum absolute atomic E-state index is 11.7. The lowest BCUT2D eigenvalue weighted by atomic mass is 9.87. The smallest absolute Gasteiger partial charge is 0.326 e. The number of nitrogens with zero attached hydrogens (tertiary/aromatic N) is 6. The predicted molar refractivity (Wildman–Crippen MR) is 469 cm³/mol. The van der Waals surface area contributed by atoms with Crippen molar-refractivity contribution in [1.82, 2.24) is 29.5 Å². The molecule has 18 heteroatoms. The molecule has 3 N–H and O–H groups in total. The number of aryl methyl sites for hydroxylation is 1. The lowest BCUT2D eigenvalue weighted by Crippen LogP contribution is -2.47. The Morgan fingerprint density at radius 2 is 0.981 bits per heavy atom. The molecule has 11 nitrogen and oxygen atoms in total. The van der Waals surface area contributed by atoms with Crippen molar-refractivity contribution in [1.29, 1.82) is 0 Å². The van der Waals surface area contributed by atoms with Gasteiger partial charge in [0.25, 0.3) is 0 Å². The summed E-state index contributed by atoms with van der Waals surface area (Å²) in [6.45, 7) is 54.5. The molecule has 0 bridgehead atoms. The van der Waals surface area contributed by atoms with Gasteiger partial charge in [-0.3, -0.25) is 14.3 Å². The van der Waals surface area contributed by atoms with Gasteiger partial charge in [0, 0.05) is 145 Å². The molecule has 108 heavy (non-hydrogen) atoms. The van der Waals surface area contributed by atoms with Crippen LogP contribution in [0.25, 0.3) is 32.8 Å². The molecule has 14 rings (SSSR count). The van der Waals surface area contributed by atoms with E-state index in [0.717, 1.165) is 66.8 Å². The summed E-state index contributed by atoms with van der Waals surface area (Å²) in [4.78, 5) is 43.4. The summed E-state index contributed by atoms with van der Waals surface area (Å²) < 4.78 is 7.17. The van der Waals surface area contributed by atoms with Crippen LogP contribution in [-0.2, 0) is 57.7 Å². The number of fused-ring (bicyclic) bond motifs is 6. The maximum Gasteiger partial charge on any atom is 0.326 e. The third-order valence-corrected chi connectivity index (χ3v) is 21.6. The Bertz CT molecular complexity index is 5030. The van der Waals surface area contributed by atoms with Crippen LogP contribution in [0.5, 0.6) is 0 Å². The minimum Gasteiger partial charge on any atom is -0.361 e. The third kappa shape index (κ3) is 23.5. The Hall–Kier alpha value is -7.00. The second-order valence-electron chi connectivity index (χ2n) is 35.7. The molecular weight excluding hydrogens is 1480 g/mol. The van der Waals surface area contributed by atoms with Gasteiger partial charge in [0.2, 0.25) is 11.4 Å². The molecule has 578 valence electrons. The van der Waals surface area contributed by atoms with E-state index in [2.05, 4.69) is 271 Å². The number of rotatable bonds is 1. The number of carbonyl (C=O) groups excluding carboxylic acids is 1. The SMILES string of the molecule is CC(C)(C)N1CC(=O)Cc2ccccc21.CC(C)(C)[N+]1=CCc2cc(Cl)c(Cl)cc21.CC(C)(C)[N+]1=CCc2ccccc21.CC(C)(C)c1c[nH]c2cc(Cl)c(Cl)cc12.CC(C)(C)c1c[nH]c2ccccc12.CC(C)(C)c1ncc(Cl)s1.CC(C)(C)n1c(=O)[nH]c2ccccc21.CCc1cc(C(C)(C)C)ncc1Cl. The highest BCUT2D eigenvalue weighted by Gasteiger charge is 2.35. The van der Waals surface area contributed by atoms with Crippen LogP contribution in [-0.4, -0.2) is 80.0 Å². The van der Waals surface area contributed by atoms with Crippen LogP contribution in [0.4, 0.5) is 17.1 Å². The van der Waals surface area contributed by atoms with Crippen molar-refractivity contribution < 1.29 is 13.9 Å². The number of nitrogens with one attached hydrogen (secondary N) is 3. The number of carbonyl (C=O) groups is 1. The molecule has 0 aliphatic carbocycles. The number of H-pyrrole nitrogens is 3. The van der Waals surface area contributed by atoms with E-state index in [4.69, 9.17) is 69.6 Å². The van der Waals surface area contributed by atoms with E-state index in [1.807, 2.05) is 93.7 Å². The first kappa shape index (κ1) is 88.2. The van der Waals surface area contributed by atoms with Crippen molar-refractivity contribution in [3.63, 3.8) is 0 Å². The molecule has 8 heterocycles. The van der Waals surface area contributed by atoms with Crippen molar-refractivity contribution >= 4 is 149 Å². The number of para-hydroxylation sites is 5. The lowest BCUT2D eigenvalue weighted by molar-refractivity contribution is -0.513. The summed E-state index contributed by atoms with van der Waals surface area (Å²) in [5.41, 5.74) is 17.3. The first-order chi connectivity index (χ1) is 49.9. The third-order valence-electron chi connectivity index (χ3n) is 18.3. The minimum atomic E-state index is -0.184. The summed E-state index contributed by atoms with van der Waals surface area (Å²) in [6, 6.07) is 42.8. The molecule has 0 fully saturated rings. The number of aromatic nitrogens is 6. The Balaban J connectivity index is 0.000000172. The normalized spacial score (nSPS) is 13.5. The zero-order chi connectivity index (χ0) is 80.6. The van der Waals surface area contributed by atoms with Gasteiger partial charge in [-0.25, -0.2) is 9.78 Å². The molecule has 0 spiro atoms. The molecular formula is C90H115Cl6N9O2S+2. The van der Waals surface area contributed by atoms with E-state index in [-0.39, 0.29) is 49.5 Å². The number of hydrogen-bond donors (Lipinski definition) is 3. The van der Waals surface area contributed by atoms with Crippen molar-refractivity contribution in [2.75, 3.05) is 11.4 Å². The first-order valence-electron chi connectivity index (χ1n) is 37.1. The van der Waals surface area contributed by atoms with E-state index < -0.39 is 0 Å². The highest BCUT2D eigenvalue weighted by atomic mass is 35.5. The molecule has 6 aromatic carbocycles. The van der Waals surface area contributed by atoms with Gasteiger partial charge < -0.3 is 19.9 Å². The molecule has 3 aliphatic heterocycles. The monoisotopic (exact) mass is 1600 g/mol. The topological polar surface area (TPSA) is 121 Å². The van der Waals surface area contributed by atoms with Gasteiger partial charge in [-0.05, 0) is 130 Å². The van der Waals surface area contributed by atoms with Crippen molar-refractivity contribution in [2.24, 2.45) is 0 Å². The number of imidazole rings is 1. The largest absolute Gasteiger partial charge is 0.361 e. The van der Waals surface area contributed by atoms with Gasteiger partial charge >= 0.3 is 5.69 Å². The predicted octanol–water partition coefficient (Wildman–Crippen LogP) is 26.2. The number of hydrogen-bond acceptors (Lipinski definition) is 6. The summed E-state index contributed by atoms with van der Waals surface area (Å²) in [6.07, 6.45) is 15.6. The number of anilines is 1. The molecule has 0 unspecified atom stereocenters. The fourth-order valence-corrected chi connectivity index (χ4v) is 14.6. The summed E-state index contributed by atoms with van der Waals surface area (Å²) in [5.74, 6) is 0.309. The Labute approximate surface area is 677 Å². The van der Waals surface area contributed by atoms with E-state index in [0.29, 0.717) is 38.8 Å². The van der Waals surface area contributed by atoms with Crippen molar-refractivity contribution in [3.8, 4) is 0 Å². The molecule has 5 aromatic heterocycles. The Kier molecular flexibility index (Phi) is 29.1. The number of aromatic amines is 3. The second kappa shape index (κ2) is 35.6. The molecule has 11 aromatic rings. The fraction of sp³-hybridized carbons (Fsp3) is 0.422. The molecule has 0 amide bonds. The van der Waals surface area contributed by atoms with Crippen LogP contribution in [0.1, 0.15) is 217 Å². The van der Waals surface area contributed by atoms with E-state index in [9.17, 15) is 9.59 Å². The number of benzene rings is 6. The van der Waals surface area contributed by atoms with E-state index in [1.165, 1.54) is 55.8 Å². The van der Waals surface area contributed by atoms with Crippen molar-refractivity contribution in [3.05, 3.63) is 236 Å². The number of Topliss-reactive ketones (excluding diaryl/α,β-unsaturated/α-hetero) is 1. The molecule has 0 radical (unpaired) electrons. The van der Waals surface area contributed by atoms with Crippen LogP contribution >= 0.6 is 80.9 Å². The average Bonchev–Trinajstić information content (AvgIpc) is 1.73. The average molecular weight is 1600 g/mol. The van der Waals surface area contributed by atoms with Crippen LogP contribution in [0, 0.1) is 0 Å². The van der Waals surface area contributed by atoms with Gasteiger partial charge in [-0.1, -0.05) is 226 Å². The zero-order valence-electron chi connectivity index (χ0n) is 68.3. The minimum absolute atomic E-state index is 0.00613. The number of thiazole rings is 1. The molecule has 0 saturated carbocycles. The van der Waals surface area contributed by atoms with Crippen molar-refractivity contribution in [2.45, 2.75) is 243 Å². The molecule has 0 saturated heterocycles. The Morgan fingerprint density at radius 1 is 0.472 bits per heavy atom. The Morgan fingerprint density at radius 3 is 1.53 bits per heavy atom. The van der Waals surface area contributed by atoms with E-state index in [1.54, 1.807) is 28.3 Å². The van der Waals surface area contributed by atoms with Crippen LogP contribution in [0.3, 0.4) is 0 Å². The molecule has 3 aliphatic rings. The number of ketones is 1. The fourth-order valence-electron chi connectivity index (χ4n) is 12.7. The van der Waals surface area contributed by atoms with Gasteiger partial charge in [0.1, 0.15) is 4.34 Å². The van der Waals surface area contributed by atoms with Gasteiger partial charge in [0.15, 0.2) is 29.3 Å². The zero-order valence-corrected chi connectivity index (χ0v) is 73.7. The standard InChI is InChI=1S/C13H17NO.C12H13Cl2N.C12H14Cl2N.C12H16N.C12H15N.C11H16ClN.C11H14N2O.C7H10ClNS/c1-13(2,3)14-9-11(15)8-10-6-4-5-7-12(10)14;1-12(2,3)8-6-15-11-5-10(14)9(13)4-7(8)11;1-12(2,3)15-5-4-8-6-9(13)10(14)7-11(8)15;1-12(2,3)13-9-8-10-6-4-5-7-11(10)13;1-12(2,3)10-8-13-11-7-5-4-6-9(10)11;1-5-8-6-10(11(2,3)4)13-7-9(8)12;1-11(2,3)13-9-7-5-4-6-8(9)12-10(13)14;1-7(2,3)6-9-4-5(8)10-6/h4-7H,8-9H2,1-3H3;4-6,15H,1-3H3;5-7H,4H2,1-3H3;4-7,9H,8H2,1-3H3;4-8,13H,1-3H3;6-7H,5H2,1-4H3;4-7H,1-3H3,(H,12,14);4H,1-3H3/q;;2*+1;;;;. The summed E-state index contributed by atoms with van der Waals surface area (Å²) in [5, 5.41) is 6.82. The van der Waals surface area contributed by atoms with Gasteiger partial charge in [-0.15, -0.1) is 11.3 Å². The van der Waals surface area contributed by atoms with Crippen LogP contribution in [0.15, 0.2) is 157 Å². The van der Waals surface area contributed by atoms with E-state index >= 15 is 0 Å². The number of halogens is 6. The highest BCUT2D eigenvalue weighted by molar-refractivity contribution is 7.15. The van der Waals surface area contributed by atoms with Crippen LogP contribution in [0.2, 0.25) is 29.4 Å². The highest BCUT2D eigenvalue weighted by Crippen LogP contribution is 2.39.